The Kier molecular flexibility index (Phi) is 4.55. The first-order chi connectivity index (χ1) is 10.0. The lowest BCUT2D eigenvalue weighted by Gasteiger charge is -2.14. The summed E-state index contributed by atoms with van der Waals surface area (Å²) in [5.41, 5.74) is 0.748. The first-order valence-corrected chi connectivity index (χ1v) is 6.67. The molecule has 0 aliphatic rings. The molecule has 0 heterocycles. The van der Waals surface area contributed by atoms with E-state index in [0.717, 1.165) is 5.56 Å². The zero-order chi connectivity index (χ0) is 15.4. The van der Waals surface area contributed by atoms with Crippen LogP contribution >= 0.6 is 11.6 Å². The Morgan fingerprint density at radius 1 is 1.19 bits per heavy atom. The van der Waals surface area contributed by atoms with Crippen molar-refractivity contribution in [3.8, 4) is 0 Å². The quantitative estimate of drug-likeness (QED) is 0.691. The van der Waals surface area contributed by atoms with Crippen LogP contribution in [0.15, 0.2) is 48.5 Å². The number of amides is 1. The zero-order valence-electron chi connectivity index (χ0n) is 11.2. The molecule has 0 spiro atoms. The Balaban J connectivity index is 2.22. The zero-order valence-corrected chi connectivity index (χ0v) is 12.0. The number of hydrogen-bond acceptors (Lipinski definition) is 3. The lowest BCUT2D eigenvalue weighted by atomic mass is 10.1. The smallest absolute Gasteiger partial charge is 0.288 e. The van der Waals surface area contributed by atoms with Crippen molar-refractivity contribution in [1.29, 1.82) is 0 Å². The number of halogens is 1. The summed E-state index contributed by atoms with van der Waals surface area (Å²) in [7, 11) is 0. The lowest BCUT2D eigenvalue weighted by Crippen LogP contribution is -2.27. The number of carbonyl (C=O) groups excluding carboxylic acids is 1. The predicted octanol–water partition coefficient (Wildman–Crippen LogP) is 3.74. The Morgan fingerprint density at radius 3 is 2.48 bits per heavy atom. The second-order valence-corrected chi connectivity index (χ2v) is 4.88. The van der Waals surface area contributed by atoms with Crippen LogP contribution in [0.25, 0.3) is 0 Å². The minimum Gasteiger partial charge on any atom is -0.345 e. The fraction of sp³-hybridized carbons (Fsp3) is 0.133. The highest BCUT2D eigenvalue weighted by atomic mass is 35.5. The van der Waals surface area contributed by atoms with Crippen molar-refractivity contribution in [2.75, 3.05) is 0 Å². The summed E-state index contributed by atoms with van der Waals surface area (Å²) in [4.78, 5) is 22.4. The molecule has 0 aliphatic heterocycles. The Bertz CT molecular complexity index is 674. The number of rotatable bonds is 4. The van der Waals surface area contributed by atoms with Crippen molar-refractivity contribution in [1.82, 2.24) is 5.32 Å². The second kappa shape index (κ2) is 6.37. The van der Waals surface area contributed by atoms with Gasteiger partial charge in [0.1, 0.15) is 5.02 Å². The molecular formula is C15H13ClN2O3. The van der Waals surface area contributed by atoms with Gasteiger partial charge in [-0.05, 0) is 18.6 Å². The minimum absolute atomic E-state index is 0.0913. The van der Waals surface area contributed by atoms with E-state index >= 15 is 0 Å². The second-order valence-electron chi connectivity index (χ2n) is 4.50. The normalized spacial score (nSPS) is 11.7. The maximum absolute atomic E-state index is 12.2. The largest absolute Gasteiger partial charge is 0.345 e. The molecule has 1 atom stereocenters. The monoisotopic (exact) mass is 304 g/mol. The van der Waals surface area contributed by atoms with Gasteiger partial charge in [0.25, 0.3) is 11.6 Å². The van der Waals surface area contributed by atoms with E-state index in [1.807, 2.05) is 37.3 Å². The van der Waals surface area contributed by atoms with Crippen molar-refractivity contribution < 1.29 is 9.72 Å². The highest BCUT2D eigenvalue weighted by molar-refractivity contribution is 6.35. The van der Waals surface area contributed by atoms with Crippen LogP contribution in [0.2, 0.25) is 5.02 Å². The van der Waals surface area contributed by atoms with E-state index in [1.165, 1.54) is 18.2 Å². The van der Waals surface area contributed by atoms with Crippen LogP contribution in [0.3, 0.4) is 0 Å². The van der Waals surface area contributed by atoms with Crippen LogP contribution in [0.4, 0.5) is 5.69 Å². The van der Waals surface area contributed by atoms with Crippen LogP contribution in [0.1, 0.15) is 28.9 Å². The number of nitro groups is 1. The number of carbonyl (C=O) groups is 1. The molecule has 2 aromatic carbocycles. The Hall–Kier alpha value is -2.40. The molecule has 0 aliphatic carbocycles. The van der Waals surface area contributed by atoms with Crippen molar-refractivity contribution in [3.05, 3.63) is 74.8 Å². The summed E-state index contributed by atoms with van der Waals surface area (Å²) < 4.78 is 0. The Labute approximate surface area is 126 Å². The molecule has 21 heavy (non-hydrogen) atoms. The molecule has 0 bridgehead atoms. The van der Waals surface area contributed by atoms with Crippen molar-refractivity contribution in [2.45, 2.75) is 13.0 Å². The highest BCUT2D eigenvalue weighted by Crippen LogP contribution is 2.28. The van der Waals surface area contributed by atoms with Gasteiger partial charge in [0.2, 0.25) is 0 Å². The molecule has 0 radical (unpaired) electrons. The van der Waals surface area contributed by atoms with Crippen LogP contribution in [0, 0.1) is 10.1 Å². The highest BCUT2D eigenvalue weighted by Gasteiger charge is 2.21. The average molecular weight is 305 g/mol. The predicted molar refractivity (Wildman–Crippen MR) is 80.4 cm³/mol. The third-order valence-electron chi connectivity index (χ3n) is 3.07. The van der Waals surface area contributed by atoms with Gasteiger partial charge in [-0.3, -0.25) is 14.9 Å². The summed E-state index contributed by atoms with van der Waals surface area (Å²) in [6, 6.07) is 13.3. The van der Waals surface area contributed by atoms with Crippen LogP contribution in [-0.4, -0.2) is 10.8 Å². The molecule has 2 rings (SSSR count). The van der Waals surface area contributed by atoms with E-state index in [4.69, 9.17) is 11.6 Å². The molecule has 0 saturated heterocycles. The lowest BCUT2D eigenvalue weighted by molar-refractivity contribution is -0.384. The number of benzene rings is 2. The van der Waals surface area contributed by atoms with E-state index in [0.29, 0.717) is 0 Å². The molecule has 5 nitrogen and oxygen atoms in total. The Morgan fingerprint density at radius 2 is 1.86 bits per heavy atom. The number of nitro benzene ring substituents is 1. The van der Waals surface area contributed by atoms with E-state index in [1.54, 1.807) is 0 Å². The van der Waals surface area contributed by atoms with Crippen molar-refractivity contribution >= 4 is 23.2 Å². The van der Waals surface area contributed by atoms with Gasteiger partial charge in [-0.15, -0.1) is 0 Å². The summed E-state index contributed by atoms with van der Waals surface area (Å²) in [5.74, 6) is -0.444. The molecular weight excluding hydrogens is 292 g/mol. The van der Waals surface area contributed by atoms with Crippen molar-refractivity contribution in [3.63, 3.8) is 0 Å². The fourth-order valence-electron chi connectivity index (χ4n) is 1.94. The summed E-state index contributed by atoms with van der Waals surface area (Å²) in [6.07, 6.45) is 0. The maximum atomic E-state index is 12.2. The molecule has 0 fully saturated rings. The molecule has 0 saturated carbocycles. The van der Waals surface area contributed by atoms with E-state index < -0.39 is 10.8 Å². The number of hydrogen-bond donors (Lipinski definition) is 1. The molecule has 0 unspecified atom stereocenters. The van der Waals surface area contributed by atoms with Gasteiger partial charge < -0.3 is 5.32 Å². The van der Waals surface area contributed by atoms with Crippen molar-refractivity contribution in [2.24, 2.45) is 0 Å². The fourth-order valence-corrected chi connectivity index (χ4v) is 2.22. The van der Waals surface area contributed by atoms with E-state index in [2.05, 4.69) is 5.32 Å². The minimum atomic E-state index is -0.611. The summed E-state index contributed by atoms with van der Waals surface area (Å²) >= 11 is 5.93. The molecule has 2 aromatic rings. The topological polar surface area (TPSA) is 72.2 Å². The van der Waals surface area contributed by atoms with Gasteiger partial charge in [0, 0.05) is 6.07 Å². The number of nitrogens with one attached hydrogen (secondary N) is 1. The summed E-state index contributed by atoms with van der Waals surface area (Å²) in [5, 5.41) is 13.5. The van der Waals surface area contributed by atoms with Gasteiger partial charge in [0.15, 0.2) is 0 Å². The van der Waals surface area contributed by atoms with Gasteiger partial charge in [-0.2, -0.15) is 0 Å². The molecule has 6 heteroatoms. The summed E-state index contributed by atoms with van der Waals surface area (Å²) in [6.45, 7) is 1.83. The number of nitrogens with zero attached hydrogens (tertiary/aromatic N) is 1. The van der Waals surface area contributed by atoms with E-state index in [-0.39, 0.29) is 22.3 Å². The van der Waals surface area contributed by atoms with Gasteiger partial charge in [-0.25, -0.2) is 0 Å². The van der Waals surface area contributed by atoms with Gasteiger partial charge in [-0.1, -0.05) is 48.0 Å². The third-order valence-corrected chi connectivity index (χ3v) is 3.46. The van der Waals surface area contributed by atoms with Crippen LogP contribution in [-0.2, 0) is 0 Å². The molecule has 1 amide bonds. The first-order valence-electron chi connectivity index (χ1n) is 6.29. The molecule has 108 valence electrons. The molecule has 1 N–H and O–H groups in total. The van der Waals surface area contributed by atoms with E-state index in [9.17, 15) is 14.9 Å². The van der Waals surface area contributed by atoms with Crippen LogP contribution < -0.4 is 5.32 Å². The SMILES string of the molecule is C[C@H](NC(=O)c1cccc([N+](=O)[O-])c1Cl)c1ccccc1. The average Bonchev–Trinajstić information content (AvgIpc) is 2.47. The third kappa shape index (κ3) is 3.38. The standard InChI is InChI=1S/C15H13ClN2O3/c1-10(11-6-3-2-4-7-11)17-15(19)12-8-5-9-13(14(12)16)18(20)21/h2-10H,1H3,(H,17,19)/t10-/m0/s1. The first kappa shape index (κ1) is 15.0. The van der Waals surface area contributed by atoms with Gasteiger partial charge in [0.05, 0.1) is 16.5 Å². The maximum Gasteiger partial charge on any atom is 0.288 e. The van der Waals surface area contributed by atoms with Gasteiger partial charge >= 0.3 is 0 Å². The molecule has 0 aromatic heterocycles. The van der Waals surface area contributed by atoms with Crippen LogP contribution in [0.5, 0.6) is 0 Å².